The molecule has 3 rings (SSSR count). The van der Waals surface area contributed by atoms with E-state index in [4.69, 9.17) is 0 Å². The molecule has 0 heterocycles. The smallest absolute Gasteiger partial charge is 0.0693 e. The van der Waals surface area contributed by atoms with Crippen LogP contribution >= 0.6 is 0 Å². The van der Waals surface area contributed by atoms with Gasteiger partial charge in [-0.3, -0.25) is 0 Å². The molecule has 1 saturated carbocycles. The van der Waals surface area contributed by atoms with Crippen LogP contribution in [0.1, 0.15) is 61.8 Å². The first-order chi connectivity index (χ1) is 9.24. The minimum Gasteiger partial charge on any atom is -0.392 e. The summed E-state index contributed by atoms with van der Waals surface area (Å²) in [6, 6.07) is 7.54. The van der Waals surface area contributed by atoms with Gasteiger partial charge >= 0.3 is 0 Å². The van der Waals surface area contributed by atoms with Gasteiger partial charge in [0.1, 0.15) is 0 Å². The lowest BCUT2D eigenvalue weighted by molar-refractivity contribution is 0.0860. The number of aryl methyl sites for hydroxylation is 2. The van der Waals surface area contributed by atoms with Gasteiger partial charge in [0.2, 0.25) is 0 Å². The number of benzene rings is 1. The van der Waals surface area contributed by atoms with Crippen LogP contribution in [-0.4, -0.2) is 17.3 Å². The number of aliphatic hydroxyl groups is 1. The van der Waals surface area contributed by atoms with Gasteiger partial charge in [0.05, 0.1) is 6.10 Å². The minimum absolute atomic E-state index is 0.161. The molecule has 1 fully saturated rings. The summed E-state index contributed by atoms with van der Waals surface area (Å²) in [5, 5.41) is 13.7. The molecule has 2 aliphatic rings. The average molecular weight is 259 g/mol. The van der Waals surface area contributed by atoms with E-state index in [-0.39, 0.29) is 12.1 Å². The van der Waals surface area contributed by atoms with Crippen LogP contribution in [-0.2, 0) is 12.8 Å². The number of nitrogens with one attached hydrogen (secondary N) is 1. The van der Waals surface area contributed by atoms with Crippen LogP contribution in [0.5, 0.6) is 0 Å². The zero-order valence-corrected chi connectivity index (χ0v) is 11.9. The molecule has 0 aliphatic heterocycles. The van der Waals surface area contributed by atoms with Crippen molar-refractivity contribution in [3.8, 4) is 0 Å². The van der Waals surface area contributed by atoms with Crippen LogP contribution in [0.3, 0.4) is 0 Å². The zero-order chi connectivity index (χ0) is 13.2. The molecule has 3 unspecified atom stereocenters. The molecule has 0 radical (unpaired) electrons. The number of hydrogen-bond acceptors (Lipinski definition) is 2. The molecule has 0 amide bonds. The van der Waals surface area contributed by atoms with Crippen molar-refractivity contribution in [1.82, 2.24) is 5.32 Å². The maximum atomic E-state index is 10.1. The number of rotatable bonds is 3. The van der Waals surface area contributed by atoms with Gasteiger partial charge in [0.25, 0.3) is 0 Å². The van der Waals surface area contributed by atoms with Gasteiger partial charge < -0.3 is 10.4 Å². The highest BCUT2D eigenvalue weighted by Crippen LogP contribution is 2.27. The zero-order valence-electron chi connectivity index (χ0n) is 11.9. The van der Waals surface area contributed by atoms with Gasteiger partial charge in [-0.1, -0.05) is 31.0 Å². The molecule has 1 aromatic rings. The summed E-state index contributed by atoms with van der Waals surface area (Å²) in [7, 11) is 0. The summed E-state index contributed by atoms with van der Waals surface area (Å²) >= 11 is 0. The fourth-order valence-electron chi connectivity index (χ4n) is 3.58. The Hall–Kier alpha value is -0.860. The van der Waals surface area contributed by atoms with Crippen LogP contribution in [0.25, 0.3) is 0 Å². The summed E-state index contributed by atoms with van der Waals surface area (Å²) in [6.07, 6.45) is 8.11. The second kappa shape index (κ2) is 5.64. The SMILES string of the molecule is CC(NC1CCCCC1O)c1ccc2c(c1)CCC2. The Morgan fingerprint density at radius 3 is 2.74 bits per heavy atom. The van der Waals surface area contributed by atoms with Crippen molar-refractivity contribution in [2.24, 2.45) is 0 Å². The lowest BCUT2D eigenvalue weighted by Crippen LogP contribution is -2.43. The van der Waals surface area contributed by atoms with Crippen LogP contribution < -0.4 is 5.32 Å². The minimum atomic E-state index is -0.161. The highest BCUT2D eigenvalue weighted by atomic mass is 16.3. The van der Waals surface area contributed by atoms with Crippen molar-refractivity contribution in [2.75, 3.05) is 0 Å². The fourth-order valence-corrected chi connectivity index (χ4v) is 3.58. The fraction of sp³-hybridized carbons (Fsp3) is 0.647. The van der Waals surface area contributed by atoms with Crippen molar-refractivity contribution in [3.63, 3.8) is 0 Å². The third kappa shape index (κ3) is 2.85. The summed E-state index contributed by atoms with van der Waals surface area (Å²) in [6.45, 7) is 2.22. The van der Waals surface area contributed by atoms with E-state index in [9.17, 15) is 5.11 Å². The highest BCUT2D eigenvalue weighted by Gasteiger charge is 2.24. The first-order valence-corrected chi connectivity index (χ1v) is 7.80. The van der Waals surface area contributed by atoms with Gasteiger partial charge in [0, 0.05) is 12.1 Å². The maximum Gasteiger partial charge on any atom is 0.0693 e. The van der Waals surface area contributed by atoms with Gasteiger partial charge in [-0.2, -0.15) is 0 Å². The molecule has 104 valence electrons. The molecule has 0 aromatic heterocycles. The highest BCUT2D eigenvalue weighted by molar-refractivity contribution is 5.36. The molecule has 2 nitrogen and oxygen atoms in total. The lowest BCUT2D eigenvalue weighted by atomic mass is 9.91. The van der Waals surface area contributed by atoms with E-state index < -0.39 is 0 Å². The lowest BCUT2D eigenvalue weighted by Gasteiger charge is -2.31. The average Bonchev–Trinajstić information content (AvgIpc) is 2.88. The van der Waals surface area contributed by atoms with Crippen LogP contribution in [0.2, 0.25) is 0 Å². The molecule has 2 N–H and O–H groups in total. The normalized spacial score (nSPS) is 28.1. The third-order valence-electron chi connectivity index (χ3n) is 4.82. The van der Waals surface area contributed by atoms with Gasteiger partial charge in [-0.25, -0.2) is 0 Å². The molecular weight excluding hydrogens is 234 g/mol. The molecule has 19 heavy (non-hydrogen) atoms. The standard InChI is InChI=1S/C17H25NO/c1-12(18-16-7-2-3-8-17(16)19)14-10-9-13-5-4-6-15(13)11-14/h9-12,16-19H,2-8H2,1H3. The van der Waals surface area contributed by atoms with Crippen molar-refractivity contribution >= 4 is 0 Å². The molecule has 3 atom stereocenters. The molecule has 0 bridgehead atoms. The van der Waals surface area contributed by atoms with E-state index in [1.54, 1.807) is 0 Å². The number of aliphatic hydroxyl groups excluding tert-OH is 1. The number of hydrogen-bond donors (Lipinski definition) is 2. The Kier molecular flexibility index (Phi) is 3.90. The molecule has 0 spiro atoms. The molecule has 0 saturated heterocycles. The Labute approximate surface area is 116 Å². The van der Waals surface area contributed by atoms with Crippen LogP contribution in [0, 0.1) is 0 Å². The third-order valence-corrected chi connectivity index (χ3v) is 4.82. The maximum absolute atomic E-state index is 10.1. The van der Waals surface area contributed by atoms with Crippen molar-refractivity contribution in [1.29, 1.82) is 0 Å². The van der Waals surface area contributed by atoms with E-state index >= 15 is 0 Å². The quantitative estimate of drug-likeness (QED) is 0.874. The van der Waals surface area contributed by atoms with E-state index in [0.717, 1.165) is 12.8 Å². The van der Waals surface area contributed by atoms with E-state index in [0.29, 0.717) is 6.04 Å². The second-order valence-corrected chi connectivity index (χ2v) is 6.23. The first kappa shape index (κ1) is 13.1. The van der Waals surface area contributed by atoms with E-state index in [2.05, 4.69) is 30.4 Å². The van der Waals surface area contributed by atoms with Crippen LogP contribution in [0.15, 0.2) is 18.2 Å². The monoisotopic (exact) mass is 259 g/mol. The summed E-state index contributed by atoms with van der Waals surface area (Å²) in [5.74, 6) is 0. The largest absolute Gasteiger partial charge is 0.392 e. The predicted octanol–water partition coefficient (Wildman–Crippen LogP) is 3.13. The molecule has 2 aliphatic carbocycles. The van der Waals surface area contributed by atoms with E-state index in [1.807, 2.05) is 0 Å². The van der Waals surface area contributed by atoms with E-state index in [1.165, 1.54) is 48.8 Å². The Morgan fingerprint density at radius 1 is 1.11 bits per heavy atom. The van der Waals surface area contributed by atoms with Gasteiger partial charge in [-0.15, -0.1) is 0 Å². The Bertz CT molecular complexity index is 443. The molecule has 2 heteroatoms. The van der Waals surface area contributed by atoms with Crippen molar-refractivity contribution in [3.05, 3.63) is 34.9 Å². The Balaban J connectivity index is 1.68. The summed E-state index contributed by atoms with van der Waals surface area (Å²) in [4.78, 5) is 0. The van der Waals surface area contributed by atoms with Crippen molar-refractivity contribution < 1.29 is 5.11 Å². The first-order valence-electron chi connectivity index (χ1n) is 7.80. The Morgan fingerprint density at radius 2 is 1.89 bits per heavy atom. The topological polar surface area (TPSA) is 32.3 Å². The predicted molar refractivity (Wildman–Crippen MR) is 78.3 cm³/mol. The van der Waals surface area contributed by atoms with Gasteiger partial charge in [-0.05, 0) is 55.7 Å². The summed E-state index contributed by atoms with van der Waals surface area (Å²) in [5.41, 5.74) is 4.45. The molecule has 1 aromatic carbocycles. The molecular formula is C17H25NO. The summed E-state index contributed by atoms with van der Waals surface area (Å²) < 4.78 is 0. The second-order valence-electron chi connectivity index (χ2n) is 6.23. The van der Waals surface area contributed by atoms with Gasteiger partial charge in [0.15, 0.2) is 0 Å². The number of fused-ring (bicyclic) bond motifs is 1. The van der Waals surface area contributed by atoms with Crippen LogP contribution in [0.4, 0.5) is 0 Å². The van der Waals surface area contributed by atoms with Crippen molar-refractivity contribution in [2.45, 2.75) is 70.1 Å².